The number of carboxylic acids is 1. The number of carboxylic acid groups (broad SMARTS) is 1. The molecule has 0 radical (unpaired) electrons. The van der Waals surface area contributed by atoms with E-state index in [0.717, 1.165) is 37.0 Å². The number of allylic oxidation sites excluding steroid dienone is 1. The van der Waals surface area contributed by atoms with Crippen molar-refractivity contribution in [3.8, 4) is 5.75 Å². The van der Waals surface area contributed by atoms with Crippen LogP contribution in [0.15, 0.2) is 35.9 Å². The average molecular weight is 246 g/mol. The first-order valence-electron chi connectivity index (χ1n) is 6.25. The number of hydrogen-bond acceptors (Lipinski definition) is 2. The summed E-state index contributed by atoms with van der Waals surface area (Å²) in [4.78, 5) is 10.6. The van der Waals surface area contributed by atoms with Gasteiger partial charge < -0.3 is 9.84 Å². The van der Waals surface area contributed by atoms with Crippen LogP contribution in [0.5, 0.6) is 5.75 Å². The van der Waals surface area contributed by atoms with Gasteiger partial charge >= 0.3 is 5.97 Å². The number of rotatable bonds is 3. The second-order valence-corrected chi connectivity index (χ2v) is 4.69. The van der Waals surface area contributed by atoms with Crippen molar-refractivity contribution >= 4 is 5.97 Å². The van der Waals surface area contributed by atoms with Gasteiger partial charge in [-0.2, -0.15) is 0 Å². The van der Waals surface area contributed by atoms with Gasteiger partial charge in [0.05, 0.1) is 7.11 Å². The topological polar surface area (TPSA) is 46.5 Å². The fourth-order valence-electron chi connectivity index (χ4n) is 2.54. The van der Waals surface area contributed by atoms with Gasteiger partial charge in [0.25, 0.3) is 0 Å². The quantitative estimate of drug-likeness (QED) is 0.832. The van der Waals surface area contributed by atoms with Crippen molar-refractivity contribution < 1.29 is 14.6 Å². The number of carbonyl (C=O) groups is 1. The minimum atomic E-state index is -0.829. The van der Waals surface area contributed by atoms with E-state index in [9.17, 15) is 4.79 Å². The molecule has 0 atom stereocenters. The van der Waals surface area contributed by atoms with E-state index in [0.29, 0.717) is 5.92 Å². The highest BCUT2D eigenvalue weighted by Gasteiger charge is 2.19. The smallest absolute Gasteiger partial charge is 0.328 e. The predicted octanol–water partition coefficient (Wildman–Crippen LogP) is 3.36. The summed E-state index contributed by atoms with van der Waals surface area (Å²) in [6.45, 7) is 0. The van der Waals surface area contributed by atoms with E-state index in [2.05, 4.69) is 12.1 Å². The molecule has 0 saturated heterocycles. The molecule has 96 valence electrons. The summed E-state index contributed by atoms with van der Waals surface area (Å²) in [5.41, 5.74) is 2.35. The van der Waals surface area contributed by atoms with E-state index < -0.39 is 5.97 Å². The molecule has 3 heteroatoms. The number of ether oxygens (including phenoxy) is 1. The van der Waals surface area contributed by atoms with Gasteiger partial charge in [-0.1, -0.05) is 17.7 Å². The highest BCUT2D eigenvalue weighted by atomic mass is 16.5. The van der Waals surface area contributed by atoms with Crippen LogP contribution in [0.4, 0.5) is 0 Å². The molecule has 0 unspecified atom stereocenters. The first-order valence-corrected chi connectivity index (χ1v) is 6.25. The normalized spacial score (nSPS) is 19.4. The molecule has 0 heterocycles. The maximum absolute atomic E-state index is 10.6. The van der Waals surface area contributed by atoms with E-state index in [1.54, 1.807) is 7.11 Å². The van der Waals surface area contributed by atoms with Gasteiger partial charge in [0.2, 0.25) is 0 Å². The van der Waals surface area contributed by atoms with Crippen molar-refractivity contribution in [3.63, 3.8) is 0 Å². The van der Waals surface area contributed by atoms with Gasteiger partial charge in [-0.3, -0.25) is 0 Å². The largest absolute Gasteiger partial charge is 0.497 e. The summed E-state index contributed by atoms with van der Waals surface area (Å²) in [6, 6.07) is 8.16. The Morgan fingerprint density at radius 2 is 2.11 bits per heavy atom. The summed E-state index contributed by atoms with van der Waals surface area (Å²) in [5.74, 6) is 0.579. The first kappa shape index (κ1) is 12.7. The molecule has 1 aliphatic carbocycles. The van der Waals surface area contributed by atoms with Crippen molar-refractivity contribution in [1.29, 1.82) is 0 Å². The molecule has 18 heavy (non-hydrogen) atoms. The van der Waals surface area contributed by atoms with Crippen LogP contribution >= 0.6 is 0 Å². The maximum atomic E-state index is 10.6. The van der Waals surface area contributed by atoms with E-state index in [-0.39, 0.29) is 0 Å². The monoisotopic (exact) mass is 246 g/mol. The van der Waals surface area contributed by atoms with E-state index in [1.807, 2.05) is 12.1 Å². The summed E-state index contributed by atoms with van der Waals surface area (Å²) in [5, 5.41) is 8.72. The van der Waals surface area contributed by atoms with Crippen LogP contribution in [0.3, 0.4) is 0 Å². The molecule has 0 spiro atoms. The minimum absolute atomic E-state index is 0.519. The van der Waals surface area contributed by atoms with E-state index >= 15 is 0 Å². The molecule has 1 aromatic carbocycles. The lowest BCUT2D eigenvalue weighted by molar-refractivity contribution is -0.131. The van der Waals surface area contributed by atoms with Gasteiger partial charge in [-0.25, -0.2) is 4.79 Å². The van der Waals surface area contributed by atoms with Gasteiger partial charge in [0, 0.05) is 6.08 Å². The molecule has 3 nitrogen and oxygen atoms in total. The Bertz CT molecular complexity index is 453. The molecule has 1 fully saturated rings. The number of aliphatic carboxylic acids is 1. The molecule has 1 saturated carbocycles. The molecular formula is C15H18O3. The Labute approximate surface area is 107 Å². The van der Waals surface area contributed by atoms with Crippen molar-refractivity contribution in [2.75, 3.05) is 7.11 Å². The zero-order valence-electron chi connectivity index (χ0n) is 10.6. The van der Waals surface area contributed by atoms with Crippen LogP contribution in [-0.4, -0.2) is 18.2 Å². The molecular weight excluding hydrogens is 228 g/mol. The Hall–Kier alpha value is -1.77. The molecule has 0 aliphatic heterocycles. The van der Waals surface area contributed by atoms with Crippen LogP contribution in [-0.2, 0) is 4.79 Å². The van der Waals surface area contributed by atoms with Crippen molar-refractivity contribution in [2.45, 2.75) is 31.6 Å². The summed E-state index contributed by atoms with van der Waals surface area (Å²) in [7, 11) is 1.67. The Balaban J connectivity index is 2.03. The molecule has 2 rings (SSSR count). The number of methoxy groups -OCH3 is 1. The average Bonchev–Trinajstić information content (AvgIpc) is 2.39. The van der Waals surface area contributed by atoms with Crippen molar-refractivity contribution in [3.05, 3.63) is 41.5 Å². The summed E-state index contributed by atoms with van der Waals surface area (Å²) >= 11 is 0. The fraction of sp³-hybridized carbons (Fsp3) is 0.400. The highest BCUT2D eigenvalue weighted by molar-refractivity contribution is 5.80. The molecule has 1 aromatic rings. The van der Waals surface area contributed by atoms with Crippen LogP contribution in [0.1, 0.15) is 37.2 Å². The SMILES string of the molecule is COc1cccc(C2CCC(=CC(=O)O)CC2)c1. The van der Waals surface area contributed by atoms with Crippen LogP contribution in [0.25, 0.3) is 0 Å². The fourth-order valence-corrected chi connectivity index (χ4v) is 2.54. The summed E-state index contributed by atoms with van der Waals surface area (Å²) < 4.78 is 5.23. The lowest BCUT2D eigenvalue weighted by atomic mass is 9.81. The van der Waals surface area contributed by atoms with Gasteiger partial charge in [-0.05, 0) is 49.3 Å². The minimum Gasteiger partial charge on any atom is -0.497 e. The number of hydrogen-bond donors (Lipinski definition) is 1. The second-order valence-electron chi connectivity index (χ2n) is 4.69. The molecule has 0 amide bonds. The highest BCUT2D eigenvalue weighted by Crippen LogP contribution is 2.36. The van der Waals surface area contributed by atoms with Gasteiger partial charge in [-0.15, -0.1) is 0 Å². The van der Waals surface area contributed by atoms with Gasteiger partial charge in [0.1, 0.15) is 5.75 Å². The van der Waals surface area contributed by atoms with Crippen LogP contribution in [0.2, 0.25) is 0 Å². The predicted molar refractivity (Wildman–Crippen MR) is 69.9 cm³/mol. The maximum Gasteiger partial charge on any atom is 0.328 e. The van der Waals surface area contributed by atoms with Crippen molar-refractivity contribution in [2.24, 2.45) is 0 Å². The van der Waals surface area contributed by atoms with E-state index in [1.165, 1.54) is 11.6 Å². The molecule has 1 aliphatic rings. The van der Waals surface area contributed by atoms with Crippen LogP contribution in [0, 0.1) is 0 Å². The third-order valence-corrected chi connectivity index (χ3v) is 3.52. The zero-order valence-corrected chi connectivity index (χ0v) is 10.6. The first-order chi connectivity index (χ1) is 8.69. The molecule has 0 aromatic heterocycles. The standard InChI is InChI=1S/C15H18O3/c1-18-14-4-2-3-13(10-14)12-7-5-11(6-8-12)9-15(16)17/h2-4,9-10,12H,5-8H2,1H3,(H,16,17). The Morgan fingerprint density at radius 1 is 1.39 bits per heavy atom. The number of benzene rings is 1. The molecule has 0 bridgehead atoms. The van der Waals surface area contributed by atoms with Crippen molar-refractivity contribution in [1.82, 2.24) is 0 Å². The summed E-state index contributed by atoms with van der Waals surface area (Å²) in [6.07, 6.45) is 5.17. The second kappa shape index (κ2) is 5.71. The van der Waals surface area contributed by atoms with Crippen LogP contribution < -0.4 is 4.74 Å². The third-order valence-electron chi connectivity index (χ3n) is 3.52. The lowest BCUT2D eigenvalue weighted by Crippen LogP contribution is -2.08. The Kier molecular flexibility index (Phi) is 4.03. The zero-order chi connectivity index (χ0) is 13.0. The van der Waals surface area contributed by atoms with Gasteiger partial charge in [0.15, 0.2) is 0 Å². The Morgan fingerprint density at radius 3 is 2.72 bits per heavy atom. The van der Waals surface area contributed by atoms with E-state index in [4.69, 9.17) is 9.84 Å². The molecule has 1 N–H and O–H groups in total. The third kappa shape index (κ3) is 3.13. The lowest BCUT2D eigenvalue weighted by Gasteiger charge is -2.24.